The summed E-state index contributed by atoms with van der Waals surface area (Å²) >= 11 is 0. The van der Waals surface area contributed by atoms with Crippen LogP contribution in [0.3, 0.4) is 0 Å². The van der Waals surface area contributed by atoms with Crippen molar-refractivity contribution in [3.63, 3.8) is 0 Å². The van der Waals surface area contributed by atoms with Crippen LogP contribution in [0.1, 0.15) is 67.2 Å². The molecule has 0 saturated heterocycles. The highest BCUT2D eigenvalue weighted by Crippen LogP contribution is 2.40. The van der Waals surface area contributed by atoms with Crippen LogP contribution in [0, 0.1) is 11.6 Å². The van der Waals surface area contributed by atoms with Gasteiger partial charge in [-0.15, -0.1) is 0 Å². The molecule has 0 unspecified atom stereocenters. The number of Topliss-reactive ketones (excluding diaryl/α,β-unsaturated/α-hetero) is 1. The Kier molecular flexibility index (Phi) is 8.60. The number of fused-ring (bicyclic) bond motifs is 1. The zero-order valence-electron chi connectivity index (χ0n) is 18.8. The molecule has 1 aromatic carbocycles. The Hall–Kier alpha value is -2.68. The summed E-state index contributed by atoms with van der Waals surface area (Å²) in [4.78, 5) is 29.1. The highest BCUT2D eigenvalue weighted by Gasteiger charge is 2.36. The van der Waals surface area contributed by atoms with Gasteiger partial charge in [0, 0.05) is 47.4 Å². The highest BCUT2D eigenvalue weighted by atomic mass is 32.2. The van der Waals surface area contributed by atoms with Crippen molar-refractivity contribution in [2.24, 2.45) is 0 Å². The second-order valence-corrected chi connectivity index (χ2v) is 10.0. The van der Waals surface area contributed by atoms with Crippen molar-refractivity contribution in [2.45, 2.75) is 51.2 Å². The fraction of sp³-hybridized carbons (Fsp3) is 0.435. The van der Waals surface area contributed by atoms with Gasteiger partial charge >= 0.3 is 6.09 Å². The third-order valence-corrected chi connectivity index (χ3v) is 4.58. The summed E-state index contributed by atoms with van der Waals surface area (Å²) in [6.07, 6.45) is 4.40. The molecule has 0 bridgehead atoms. The first-order chi connectivity index (χ1) is 14.9. The van der Waals surface area contributed by atoms with Crippen LogP contribution in [0.5, 0.6) is 0 Å². The van der Waals surface area contributed by atoms with Gasteiger partial charge in [-0.3, -0.25) is 14.0 Å². The average molecular weight is 467 g/mol. The summed E-state index contributed by atoms with van der Waals surface area (Å²) in [7, 11) is -0.611. The molecule has 1 amide bonds. The predicted octanol–water partition coefficient (Wildman–Crippen LogP) is 4.68. The maximum atomic E-state index is 14.6. The minimum atomic E-state index is -0.983. The van der Waals surface area contributed by atoms with Crippen molar-refractivity contribution in [1.29, 1.82) is 0 Å². The molecule has 0 radical (unpaired) electrons. The molecule has 1 aliphatic rings. The molecular weight excluding hydrogens is 438 g/mol. The van der Waals surface area contributed by atoms with E-state index in [0.29, 0.717) is 5.56 Å². The van der Waals surface area contributed by atoms with Crippen LogP contribution < -0.4 is 5.32 Å². The molecule has 1 N–H and O–H groups in total. The zero-order chi connectivity index (χ0) is 24.1. The first kappa shape index (κ1) is 25.6. The molecule has 1 heterocycles. The van der Waals surface area contributed by atoms with E-state index in [-0.39, 0.29) is 29.9 Å². The largest absolute Gasteiger partial charge is 0.444 e. The summed E-state index contributed by atoms with van der Waals surface area (Å²) in [5.74, 6) is -2.82. The van der Waals surface area contributed by atoms with Gasteiger partial charge in [-0.2, -0.15) is 0 Å². The first-order valence-electron chi connectivity index (χ1n) is 10.1. The molecule has 0 spiro atoms. The van der Waals surface area contributed by atoms with E-state index in [9.17, 15) is 22.6 Å². The van der Waals surface area contributed by atoms with Crippen LogP contribution in [0.25, 0.3) is 0 Å². The number of ether oxygens (including phenoxy) is 1. The van der Waals surface area contributed by atoms with Crippen LogP contribution in [0.15, 0.2) is 36.5 Å². The SMILES string of the molecule is CC(C)(C)OC(=O)N[C@@H]1c2cccnc2C(=O)CC[C@H]1c1cccc(F)c1F.CS(C)=O. The quantitative estimate of drug-likeness (QED) is 0.650. The summed E-state index contributed by atoms with van der Waals surface area (Å²) in [5.41, 5.74) is 0.0556. The fourth-order valence-corrected chi connectivity index (χ4v) is 3.44. The number of hydrogen-bond acceptors (Lipinski definition) is 5. The van der Waals surface area contributed by atoms with Gasteiger partial charge in [0.05, 0.1) is 6.04 Å². The van der Waals surface area contributed by atoms with Gasteiger partial charge in [-0.25, -0.2) is 13.6 Å². The van der Waals surface area contributed by atoms with Crippen molar-refractivity contribution in [2.75, 3.05) is 12.5 Å². The van der Waals surface area contributed by atoms with Gasteiger partial charge in [-0.1, -0.05) is 18.2 Å². The maximum Gasteiger partial charge on any atom is 0.408 e. The van der Waals surface area contributed by atoms with Crippen LogP contribution in [-0.4, -0.2) is 39.2 Å². The summed E-state index contributed by atoms with van der Waals surface area (Å²) in [6.45, 7) is 5.17. The molecule has 2 aromatic rings. The van der Waals surface area contributed by atoms with Gasteiger partial charge < -0.3 is 10.1 Å². The number of amides is 1. The molecule has 6 nitrogen and oxygen atoms in total. The van der Waals surface area contributed by atoms with E-state index in [1.165, 1.54) is 18.3 Å². The number of alkyl carbamates (subject to hydrolysis) is 1. The Bertz CT molecular complexity index is 1000. The average Bonchev–Trinajstić information content (AvgIpc) is 2.80. The summed E-state index contributed by atoms with van der Waals surface area (Å²) in [6, 6.07) is 6.43. The molecule has 1 aliphatic carbocycles. The molecule has 0 aliphatic heterocycles. The van der Waals surface area contributed by atoms with Gasteiger partial charge in [0.1, 0.15) is 11.3 Å². The molecule has 3 rings (SSSR count). The number of nitrogens with zero attached hydrogens (tertiary/aromatic N) is 1. The monoisotopic (exact) mass is 466 g/mol. The van der Waals surface area contributed by atoms with Crippen molar-refractivity contribution < 1.29 is 27.3 Å². The molecule has 2 atom stereocenters. The Morgan fingerprint density at radius 2 is 1.78 bits per heavy atom. The van der Waals surface area contributed by atoms with E-state index in [4.69, 9.17) is 4.74 Å². The van der Waals surface area contributed by atoms with E-state index in [1.54, 1.807) is 45.4 Å². The van der Waals surface area contributed by atoms with Crippen LogP contribution in [0.4, 0.5) is 13.6 Å². The molecule has 174 valence electrons. The summed E-state index contributed by atoms with van der Waals surface area (Å²) < 4.78 is 43.3. The van der Waals surface area contributed by atoms with Crippen molar-refractivity contribution in [3.8, 4) is 0 Å². The number of ketones is 1. The van der Waals surface area contributed by atoms with Gasteiger partial charge in [0.2, 0.25) is 0 Å². The Labute approximate surface area is 189 Å². The normalized spacial score (nSPS) is 18.2. The molecule has 9 heteroatoms. The van der Waals surface area contributed by atoms with E-state index in [0.717, 1.165) is 6.07 Å². The van der Waals surface area contributed by atoms with Crippen molar-refractivity contribution in [1.82, 2.24) is 10.3 Å². The van der Waals surface area contributed by atoms with Crippen molar-refractivity contribution in [3.05, 3.63) is 65.0 Å². The minimum absolute atomic E-state index is 0.102. The van der Waals surface area contributed by atoms with Gasteiger partial charge in [0.15, 0.2) is 17.4 Å². The Balaban J connectivity index is 0.000000837. The van der Waals surface area contributed by atoms with Gasteiger partial charge in [-0.05, 0) is 44.9 Å². The first-order valence-corrected chi connectivity index (χ1v) is 12.0. The number of aromatic nitrogens is 1. The second-order valence-electron chi connectivity index (χ2n) is 8.52. The van der Waals surface area contributed by atoms with E-state index in [2.05, 4.69) is 10.3 Å². The Morgan fingerprint density at radius 1 is 1.16 bits per heavy atom. The molecule has 0 saturated carbocycles. The topological polar surface area (TPSA) is 85.4 Å². The number of carbonyl (C=O) groups is 2. The second kappa shape index (κ2) is 10.8. The summed E-state index contributed by atoms with van der Waals surface area (Å²) in [5, 5.41) is 2.74. The van der Waals surface area contributed by atoms with E-state index < -0.39 is 46.1 Å². The predicted molar refractivity (Wildman–Crippen MR) is 119 cm³/mol. The van der Waals surface area contributed by atoms with Crippen LogP contribution in [0.2, 0.25) is 0 Å². The lowest BCUT2D eigenvalue weighted by Gasteiger charge is -2.29. The number of hydrogen-bond donors (Lipinski definition) is 1. The Morgan fingerprint density at radius 3 is 2.41 bits per heavy atom. The number of pyridine rings is 1. The fourth-order valence-electron chi connectivity index (χ4n) is 3.44. The molecule has 32 heavy (non-hydrogen) atoms. The number of benzene rings is 1. The van der Waals surface area contributed by atoms with Crippen molar-refractivity contribution >= 4 is 22.7 Å². The molecular formula is C23H28F2N2O4S. The van der Waals surface area contributed by atoms with Crippen LogP contribution in [-0.2, 0) is 15.5 Å². The van der Waals surface area contributed by atoms with Gasteiger partial charge in [0.25, 0.3) is 0 Å². The highest BCUT2D eigenvalue weighted by molar-refractivity contribution is 7.83. The van der Waals surface area contributed by atoms with Crippen LogP contribution >= 0.6 is 0 Å². The third-order valence-electron chi connectivity index (χ3n) is 4.58. The lowest BCUT2D eigenvalue weighted by Crippen LogP contribution is -2.37. The number of halogens is 2. The number of rotatable bonds is 2. The zero-order valence-corrected chi connectivity index (χ0v) is 19.6. The lowest BCUT2D eigenvalue weighted by atomic mass is 9.85. The molecule has 1 aromatic heterocycles. The number of nitrogens with one attached hydrogen (secondary N) is 1. The minimum Gasteiger partial charge on any atom is -0.444 e. The van der Waals surface area contributed by atoms with E-state index in [1.807, 2.05) is 0 Å². The lowest BCUT2D eigenvalue weighted by molar-refractivity contribution is 0.0494. The smallest absolute Gasteiger partial charge is 0.408 e. The van der Waals surface area contributed by atoms with E-state index >= 15 is 0 Å². The number of carbonyl (C=O) groups excluding carboxylic acids is 2. The maximum absolute atomic E-state index is 14.6. The third kappa shape index (κ3) is 6.91. The standard InChI is InChI=1S/C21H22F2N2O3.C2H6OS/c1-21(2,3)28-20(27)25-18-13(12-6-4-8-15(22)17(12)23)9-10-16(26)19-14(18)7-5-11-24-19;1-4(2)3/h4-8,11,13,18H,9-10H2,1-3H3,(H,25,27);1-2H3/t13-,18-;/m0./s1. The molecule has 0 fully saturated rings.